The molecule has 152 valence electrons. The number of carbonyl (C=O) groups excluding carboxylic acids is 1. The van der Waals surface area contributed by atoms with E-state index >= 15 is 0 Å². The van der Waals surface area contributed by atoms with E-state index in [2.05, 4.69) is 23.2 Å². The zero-order valence-corrected chi connectivity index (χ0v) is 17.0. The summed E-state index contributed by atoms with van der Waals surface area (Å²) in [6.07, 6.45) is 3.33. The first-order chi connectivity index (χ1) is 14.1. The first kappa shape index (κ1) is 19.5. The first-order valence-corrected chi connectivity index (χ1v) is 10.1. The van der Waals surface area contributed by atoms with E-state index in [-0.39, 0.29) is 11.8 Å². The van der Waals surface area contributed by atoms with Crippen LogP contribution in [0.4, 0.5) is 0 Å². The van der Waals surface area contributed by atoms with Crippen LogP contribution >= 0.6 is 0 Å². The van der Waals surface area contributed by atoms with Crippen LogP contribution in [0.25, 0.3) is 11.5 Å². The van der Waals surface area contributed by atoms with Gasteiger partial charge in [0.15, 0.2) is 0 Å². The number of nitrogens with one attached hydrogen (secondary N) is 1. The van der Waals surface area contributed by atoms with Gasteiger partial charge in [0.05, 0.1) is 18.5 Å². The molecule has 4 rings (SSSR count). The minimum Gasteiger partial charge on any atom is -0.467 e. The second-order valence-electron chi connectivity index (χ2n) is 7.68. The second-order valence-corrected chi connectivity index (χ2v) is 7.68. The van der Waals surface area contributed by atoms with Crippen molar-refractivity contribution >= 4 is 5.91 Å². The summed E-state index contributed by atoms with van der Waals surface area (Å²) in [5, 5.41) is 2.98. The Hall–Kier alpha value is -2.86. The molecular formula is C23H27N3O3. The van der Waals surface area contributed by atoms with Gasteiger partial charge >= 0.3 is 0 Å². The SMILES string of the molecule is Cc1ccccc1-c1nc(CN2CCC(C(=O)NCc3ccco3)CC2)c(C)o1. The molecule has 6 heteroatoms. The fraction of sp³-hybridized carbons (Fsp3) is 0.391. The quantitative estimate of drug-likeness (QED) is 0.683. The van der Waals surface area contributed by atoms with Crippen LogP contribution in [-0.4, -0.2) is 28.9 Å². The monoisotopic (exact) mass is 393 g/mol. The van der Waals surface area contributed by atoms with E-state index in [0.717, 1.165) is 60.8 Å². The van der Waals surface area contributed by atoms with E-state index in [1.54, 1.807) is 6.26 Å². The maximum Gasteiger partial charge on any atom is 0.226 e. The van der Waals surface area contributed by atoms with E-state index in [1.807, 2.05) is 37.3 Å². The molecule has 0 atom stereocenters. The number of benzene rings is 1. The Labute approximate surface area is 170 Å². The molecule has 1 saturated heterocycles. The third-order valence-electron chi connectivity index (χ3n) is 5.62. The van der Waals surface area contributed by atoms with Gasteiger partial charge in [0.1, 0.15) is 11.5 Å². The standard InChI is InChI=1S/C23H27N3O3/c1-16-6-3-4-8-20(16)23-25-21(17(2)29-23)15-26-11-9-18(10-12-26)22(27)24-14-19-7-5-13-28-19/h3-8,13,18H,9-12,14-15H2,1-2H3,(H,24,27). The molecule has 0 bridgehead atoms. The number of aromatic nitrogens is 1. The summed E-state index contributed by atoms with van der Waals surface area (Å²) in [5.74, 6) is 2.49. The Bertz CT molecular complexity index is 954. The van der Waals surface area contributed by atoms with Crippen LogP contribution in [0.2, 0.25) is 0 Å². The van der Waals surface area contributed by atoms with Gasteiger partial charge in [0.25, 0.3) is 0 Å². The third-order valence-corrected chi connectivity index (χ3v) is 5.62. The highest BCUT2D eigenvalue weighted by atomic mass is 16.4. The van der Waals surface area contributed by atoms with Gasteiger partial charge in [0.2, 0.25) is 11.8 Å². The summed E-state index contributed by atoms with van der Waals surface area (Å²) >= 11 is 0. The van der Waals surface area contributed by atoms with Crippen molar-refractivity contribution in [3.05, 3.63) is 65.4 Å². The number of hydrogen-bond acceptors (Lipinski definition) is 5. The zero-order chi connectivity index (χ0) is 20.2. The van der Waals surface area contributed by atoms with Gasteiger partial charge < -0.3 is 14.2 Å². The summed E-state index contributed by atoms with van der Waals surface area (Å²) in [6, 6.07) is 11.8. The largest absolute Gasteiger partial charge is 0.467 e. The van der Waals surface area contributed by atoms with Crippen LogP contribution in [0.1, 0.15) is 35.6 Å². The molecule has 0 unspecified atom stereocenters. The molecule has 3 heterocycles. The molecular weight excluding hydrogens is 366 g/mol. The number of oxazole rings is 1. The summed E-state index contributed by atoms with van der Waals surface area (Å²) in [4.78, 5) is 19.5. The molecule has 0 radical (unpaired) electrons. The van der Waals surface area contributed by atoms with Crippen molar-refractivity contribution in [1.29, 1.82) is 0 Å². The number of aryl methyl sites for hydroxylation is 2. The number of likely N-dealkylation sites (tertiary alicyclic amines) is 1. The molecule has 6 nitrogen and oxygen atoms in total. The third kappa shape index (κ3) is 4.59. The van der Waals surface area contributed by atoms with E-state index in [9.17, 15) is 4.79 Å². The van der Waals surface area contributed by atoms with Crippen molar-refractivity contribution in [3.63, 3.8) is 0 Å². The average Bonchev–Trinajstić information content (AvgIpc) is 3.37. The highest BCUT2D eigenvalue weighted by molar-refractivity contribution is 5.78. The number of nitrogens with zero attached hydrogens (tertiary/aromatic N) is 2. The van der Waals surface area contributed by atoms with Crippen molar-refractivity contribution < 1.29 is 13.6 Å². The molecule has 0 saturated carbocycles. The van der Waals surface area contributed by atoms with E-state index in [1.165, 1.54) is 0 Å². The fourth-order valence-electron chi connectivity index (χ4n) is 3.80. The summed E-state index contributed by atoms with van der Waals surface area (Å²) in [5.41, 5.74) is 3.17. The van der Waals surface area contributed by atoms with Gasteiger partial charge in [-0.25, -0.2) is 4.98 Å². The molecule has 1 fully saturated rings. The number of furan rings is 1. The summed E-state index contributed by atoms with van der Waals surface area (Å²) < 4.78 is 11.2. The lowest BCUT2D eigenvalue weighted by molar-refractivity contribution is -0.126. The Morgan fingerprint density at radius 1 is 1.17 bits per heavy atom. The summed E-state index contributed by atoms with van der Waals surface area (Å²) in [6.45, 7) is 7.00. The number of piperidine rings is 1. The highest BCUT2D eigenvalue weighted by Crippen LogP contribution is 2.26. The lowest BCUT2D eigenvalue weighted by Crippen LogP contribution is -2.40. The molecule has 0 spiro atoms. The van der Waals surface area contributed by atoms with E-state index in [4.69, 9.17) is 13.8 Å². The maximum atomic E-state index is 12.4. The van der Waals surface area contributed by atoms with Crippen LogP contribution < -0.4 is 5.32 Å². The lowest BCUT2D eigenvalue weighted by Gasteiger charge is -2.30. The topological polar surface area (TPSA) is 71.5 Å². The van der Waals surface area contributed by atoms with Crippen LogP contribution in [0.5, 0.6) is 0 Å². The van der Waals surface area contributed by atoms with Gasteiger partial charge in [-0.2, -0.15) is 0 Å². The van der Waals surface area contributed by atoms with Crippen molar-refractivity contribution in [2.24, 2.45) is 5.92 Å². The predicted octanol–water partition coefficient (Wildman–Crippen LogP) is 4.08. The normalized spacial score (nSPS) is 15.5. The van der Waals surface area contributed by atoms with Crippen molar-refractivity contribution in [2.75, 3.05) is 13.1 Å². The molecule has 2 aromatic heterocycles. The van der Waals surface area contributed by atoms with Gasteiger partial charge in [-0.3, -0.25) is 9.69 Å². The van der Waals surface area contributed by atoms with Crippen molar-refractivity contribution in [3.8, 4) is 11.5 Å². The molecule has 1 aliphatic heterocycles. The predicted molar refractivity (Wildman–Crippen MR) is 110 cm³/mol. The summed E-state index contributed by atoms with van der Waals surface area (Å²) in [7, 11) is 0. The van der Waals surface area contributed by atoms with Gasteiger partial charge in [-0.15, -0.1) is 0 Å². The maximum absolute atomic E-state index is 12.4. The van der Waals surface area contributed by atoms with Crippen molar-refractivity contribution in [2.45, 2.75) is 39.8 Å². The highest BCUT2D eigenvalue weighted by Gasteiger charge is 2.26. The Morgan fingerprint density at radius 2 is 1.97 bits per heavy atom. The number of amides is 1. The van der Waals surface area contributed by atoms with Gasteiger partial charge in [-0.05, 0) is 63.5 Å². The van der Waals surface area contributed by atoms with Gasteiger partial charge in [-0.1, -0.05) is 18.2 Å². The first-order valence-electron chi connectivity index (χ1n) is 10.1. The molecule has 29 heavy (non-hydrogen) atoms. The minimum absolute atomic E-state index is 0.0575. The van der Waals surface area contributed by atoms with Crippen LogP contribution in [0, 0.1) is 19.8 Å². The van der Waals surface area contributed by atoms with E-state index in [0.29, 0.717) is 12.4 Å². The molecule has 1 N–H and O–H groups in total. The molecule has 0 aliphatic carbocycles. The number of hydrogen-bond donors (Lipinski definition) is 1. The Balaban J connectivity index is 1.31. The molecule has 1 aliphatic rings. The number of rotatable bonds is 6. The van der Waals surface area contributed by atoms with Crippen LogP contribution in [0.3, 0.4) is 0 Å². The van der Waals surface area contributed by atoms with E-state index < -0.39 is 0 Å². The molecule has 3 aromatic rings. The molecule has 1 amide bonds. The second kappa shape index (κ2) is 8.66. The number of carbonyl (C=O) groups is 1. The zero-order valence-electron chi connectivity index (χ0n) is 17.0. The fourth-order valence-corrected chi connectivity index (χ4v) is 3.80. The molecule has 1 aromatic carbocycles. The smallest absolute Gasteiger partial charge is 0.226 e. The Kier molecular flexibility index (Phi) is 5.81. The Morgan fingerprint density at radius 3 is 2.69 bits per heavy atom. The van der Waals surface area contributed by atoms with Crippen LogP contribution in [0.15, 0.2) is 51.5 Å². The average molecular weight is 393 g/mol. The van der Waals surface area contributed by atoms with Crippen molar-refractivity contribution in [1.82, 2.24) is 15.2 Å². The minimum atomic E-state index is 0.0575. The lowest BCUT2D eigenvalue weighted by atomic mass is 9.95. The van der Waals surface area contributed by atoms with Gasteiger partial charge in [0, 0.05) is 18.0 Å². The van der Waals surface area contributed by atoms with Crippen LogP contribution in [-0.2, 0) is 17.9 Å².